The van der Waals surface area contributed by atoms with Crippen molar-refractivity contribution in [2.24, 2.45) is 0 Å². The zero-order valence-electron chi connectivity index (χ0n) is 16.0. The van der Waals surface area contributed by atoms with Gasteiger partial charge in [-0.05, 0) is 16.7 Å². The Kier molecular flexibility index (Phi) is 5.36. The van der Waals surface area contributed by atoms with Crippen molar-refractivity contribution in [3.05, 3.63) is 120 Å². The largest absolute Gasteiger partial charge is 0.494 e. The fourth-order valence-electron chi connectivity index (χ4n) is 3.73. The van der Waals surface area contributed by atoms with Gasteiger partial charge in [0.2, 0.25) is 0 Å². The fraction of sp³-hybridized carbons (Fsp3) is 0.120. The number of ether oxygens (including phenoxy) is 1. The van der Waals surface area contributed by atoms with Gasteiger partial charge in [0, 0.05) is 12.1 Å². The van der Waals surface area contributed by atoms with Crippen molar-refractivity contribution in [2.75, 3.05) is 6.61 Å². The van der Waals surface area contributed by atoms with Crippen LogP contribution < -0.4 is 0 Å². The summed E-state index contributed by atoms with van der Waals surface area (Å²) in [5, 5.41) is 19.9. The van der Waals surface area contributed by atoms with Gasteiger partial charge in [-0.15, -0.1) is 0 Å². The first-order valence-corrected chi connectivity index (χ1v) is 9.60. The van der Waals surface area contributed by atoms with Crippen molar-refractivity contribution in [3.8, 4) is 11.8 Å². The van der Waals surface area contributed by atoms with Crippen LogP contribution in [0.4, 0.5) is 0 Å². The molecule has 3 aromatic carbocycles. The lowest BCUT2D eigenvalue weighted by molar-refractivity contribution is 0.00706. The van der Waals surface area contributed by atoms with Gasteiger partial charge in [-0.3, -0.25) is 4.57 Å². The van der Waals surface area contributed by atoms with Crippen molar-refractivity contribution in [1.29, 1.82) is 0 Å². The summed E-state index contributed by atoms with van der Waals surface area (Å²) in [5.41, 5.74) is 2.22. The minimum Gasteiger partial charge on any atom is -0.494 e. The van der Waals surface area contributed by atoms with E-state index in [1.165, 1.54) is 16.7 Å². The normalized spacial score (nSPS) is 11.4. The van der Waals surface area contributed by atoms with E-state index in [0.717, 1.165) is 16.7 Å². The van der Waals surface area contributed by atoms with Crippen LogP contribution in [0.25, 0.3) is 0 Å². The molecule has 0 aliphatic heterocycles. The maximum Gasteiger partial charge on any atom is 0.193 e. The highest BCUT2D eigenvalue weighted by molar-refractivity contribution is 5.47. The van der Waals surface area contributed by atoms with Crippen LogP contribution in [0.5, 0.6) is 11.8 Å². The molecular formula is C25H23NO3. The maximum atomic E-state index is 9.96. The molecule has 146 valence electrons. The van der Waals surface area contributed by atoms with Crippen LogP contribution in [0.15, 0.2) is 103 Å². The second kappa shape index (κ2) is 8.25. The first-order valence-electron chi connectivity index (χ1n) is 9.60. The number of rotatable bonds is 7. The van der Waals surface area contributed by atoms with Crippen LogP contribution >= 0.6 is 0 Å². The number of benzene rings is 3. The van der Waals surface area contributed by atoms with Crippen LogP contribution in [-0.4, -0.2) is 21.4 Å². The van der Waals surface area contributed by atoms with Gasteiger partial charge < -0.3 is 14.9 Å². The third-order valence-corrected chi connectivity index (χ3v) is 5.11. The SMILES string of the molecule is Oc1ccc(O)n1CCOC(c1ccccc1)(c1ccccc1)c1ccccc1. The van der Waals surface area contributed by atoms with Crippen molar-refractivity contribution in [3.63, 3.8) is 0 Å². The zero-order chi connectivity index (χ0) is 20.1. The Morgan fingerprint density at radius 3 is 1.34 bits per heavy atom. The van der Waals surface area contributed by atoms with E-state index in [1.54, 1.807) is 0 Å². The Bertz CT molecular complexity index is 927. The number of hydrogen-bond donors (Lipinski definition) is 2. The van der Waals surface area contributed by atoms with Gasteiger partial charge in [0.25, 0.3) is 0 Å². The second-order valence-electron chi connectivity index (χ2n) is 6.83. The number of aromatic nitrogens is 1. The smallest absolute Gasteiger partial charge is 0.193 e. The van der Waals surface area contributed by atoms with Gasteiger partial charge in [-0.1, -0.05) is 91.0 Å². The summed E-state index contributed by atoms with van der Waals surface area (Å²) in [5.74, 6) is 0.0201. The monoisotopic (exact) mass is 385 g/mol. The average molecular weight is 385 g/mol. The van der Waals surface area contributed by atoms with Gasteiger partial charge >= 0.3 is 0 Å². The van der Waals surface area contributed by atoms with Gasteiger partial charge in [-0.25, -0.2) is 0 Å². The van der Waals surface area contributed by atoms with Crippen LogP contribution in [0.3, 0.4) is 0 Å². The van der Waals surface area contributed by atoms with E-state index in [-0.39, 0.29) is 18.4 Å². The summed E-state index contributed by atoms with van der Waals surface area (Å²) in [4.78, 5) is 0. The molecule has 4 nitrogen and oxygen atoms in total. The molecule has 4 rings (SSSR count). The Labute approximate surface area is 170 Å². The summed E-state index contributed by atoms with van der Waals surface area (Å²) >= 11 is 0. The van der Waals surface area contributed by atoms with Gasteiger partial charge in [0.1, 0.15) is 5.60 Å². The predicted octanol–water partition coefficient (Wildman–Crippen LogP) is 4.91. The lowest BCUT2D eigenvalue weighted by Crippen LogP contribution is -2.34. The van der Waals surface area contributed by atoms with E-state index in [4.69, 9.17) is 4.74 Å². The lowest BCUT2D eigenvalue weighted by atomic mass is 9.80. The fourth-order valence-corrected chi connectivity index (χ4v) is 3.73. The molecule has 0 aliphatic rings. The molecule has 0 amide bonds. The first-order chi connectivity index (χ1) is 14.2. The van der Waals surface area contributed by atoms with Crippen molar-refractivity contribution in [1.82, 2.24) is 4.57 Å². The highest BCUT2D eigenvalue weighted by Gasteiger charge is 2.37. The number of hydrogen-bond acceptors (Lipinski definition) is 3. The Balaban J connectivity index is 1.79. The summed E-state index contributed by atoms with van der Waals surface area (Å²) in [7, 11) is 0. The molecule has 0 fully saturated rings. The molecule has 0 bridgehead atoms. The molecule has 1 heterocycles. The number of nitrogens with zero attached hydrogens (tertiary/aromatic N) is 1. The Morgan fingerprint density at radius 1 is 0.586 bits per heavy atom. The minimum atomic E-state index is -0.817. The highest BCUT2D eigenvalue weighted by atomic mass is 16.5. The van der Waals surface area contributed by atoms with Gasteiger partial charge in [-0.2, -0.15) is 0 Å². The maximum absolute atomic E-state index is 9.96. The molecule has 0 spiro atoms. The standard InChI is InChI=1S/C25H23NO3/c27-23-16-17-24(28)26(23)18-19-29-25(20-10-4-1-5-11-20,21-12-6-2-7-13-21)22-14-8-3-9-15-22/h1-17,27-28H,18-19H2. The van der Waals surface area contributed by atoms with Crippen LogP contribution in [-0.2, 0) is 16.9 Å². The van der Waals surface area contributed by atoms with E-state index < -0.39 is 5.60 Å². The quantitative estimate of drug-likeness (QED) is 0.445. The molecule has 0 radical (unpaired) electrons. The Hall–Kier alpha value is -3.50. The molecule has 0 atom stereocenters. The number of aromatic hydroxyl groups is 2. The third kappa shape index (κ3) is 3.62. The van der Waals surface area contributed by atoms with E-state index >= 15 is 0 Å². The van der Waals surface area contributed by atoms with Crippen LogP contribution in [0, 0.1) is 0 Å². The molecule has 4 heteroatoms. The van der Waals surface area contributed by atoms with Crippen molar-refractivity contribution in [2.45, 2.75) is 12.1 Å². The molecule has 0 saturated carbocycles. The van der Waals surface area contributed by atoms with Crippen LogP contribution in [0.2, 0.25) is 0 Å². The third-order valence-electron chi connectivity index (χ3n) is 5.11. The van der Waals surface area contributed by atoms with E-state index in [1.807, 2.05) is 54.6 Å². The topological polar surface area (TPSA) is 54.6 Å². The van der Waals surface area contributed by atoms with Crippen molar-refractivity contribution >= 4 is 0 Å². The second-order valence-corrected chi connectivity index (χ2v) is 6.83. The average Bonchev–Trinajstić information content (AvgIpc) is 3.11. The highest BCUT2D eigenvalue weighted by Crippen LogP contribution is 2.40. The van der Waals surface area contributed by atoms with E-state index in [0.29, 0.717) is 6.54 Å². The van der Waals surface area contributed by atoms with Gasteiger partial charge in [0.05, 0.1) is 13.2 Å². The molecular weight excluding hydrogens is 362 g/mol. The molecule has 2 N–H and O–H groups in total. The first kappa shape index (κ1) is 18.8. The van der Waals surface area contributed by atoms with E-state index in [2.05, 4.69) is 36.4 Å². The zero-order valence-corrected chi connectivity index (χ0v) is 16.0. The van der Waals surface area contributed by atoms with Crippen molar-refractivity contribution < 1.29 is 14.9 Å². The molecule has 1 aromatic heterocycles. The molecule has 0 unspecified atom stereocenters. The van der Waals surface area contributed by atoms with Gasteiger partial charge in [0.15, 0.2) is 11.8 Å². The molecule has 0 aliphatic carbocycles. The molecule has 4 aromatic rings. The van der Waals surface area contributed by atoms with E-state index in [9.17, 15) is 10.2 Å². The summed E-state index contributed by atoms with van der Waals surface area (Å²) in [6.07, 6.45) is 0. The molecule has 29 heavy (non-hydrogen) atoms. The van der Waals surface area contributed by atoms with Crippen LogP contribution in [0.1, 0.15) is 16.7 Å². The minimum absolute atomic E-state index is 0.0100. The lowest BCUT2D eigenvalue weighted by Gasteiger charge is -2.36. The summed E-state index contributed by atoms with van der Waals surface area (Å²) in [6, 6.07) is 33.3. The Morgan fingerprint density at radius 2 is 0.966 bits per heavy atom. The summed E-state index contributed by atoms with van der Waals surface area (Å²) < 4.78 is 8.05. The molecule has 0 saturated heterocycles. The summed E-state index contributed by atoms with van der Waals surface area (Å²) in [6.45, 7) is 0.605. The predicted molar refractivity (Wildman–Crippen MR) is 113 cm³/mol.